The third-order valence-electron chi connectivity index (χ3n) is 2.54. The van der Waals surface area contributed by atoms with E-state index in [0.29, 0.717) is 13.0 Å². The lowest BCUT2D eigenvalue weighted by Crippen LogP contribution is -2.01. The number of hydrogen-bond acceptors (Lipinski definition) is 3. The molecule has 0 bridgehead atoms. The van der Waals surface area contributed by atoms with Gasteiger partial charge in [0.15, 0.2) is 11.5 Å². The van der Waals surface area contributed by atoms with Crippen molar-refractivity contribution in [1.82, 2.24) is 0 Å². The number of methoxy groups -OCH3 is 1. The fourth-order valence-electron chi connectivity index (χ4n) is 1.89. The van der Waals surface area contributed by atoms with Crippen molar-refractivity contribution < 1.29 is 14.3 Å². The largest absolute Gasteiger partial charge is 0.493 e. The van der Waals surface area contributed by atoms with Crippen LogP contribution in [0, 0.1) is 0 Å². The molecule has 15 heavy (non-hydrogen) atoms. The summed E-state index contributed by atoms with van der Waals surface area (Å²) in [7, 11) is 1.61. The van der Waals surface area contributed by atoms with Crippen LogP contribution in [0.2, 0.25) is 0 Å². The fraction of sp³-hybridized carbons (Fsp3) is 0.417. The standard InChI is InChI=1S/C12H14O3/c1-8(13)7-10-4-3-9-5-6-15-12(9)11(10)14-2/h3-4H,5-7H2,1-2H3. The zero-order valence-corrected chi connectivity index (χ0v) is 9.00. The minimum atomic E-state index is 0.131. The summed E-state index contributed by atoms with van der Waals surface area (Å²) in [5.74, 6) is 1.67. The van der Waals surface area contributed by atoms with Crippen molar-refractivity contribution in [3.05, 3.63) is 23.3 Å². The highest BCUT2D eigenvalue weighted by atomic mass is 16.5. The zero-order chi connectivity index (χ0) is 10.8. The maximum Gasteiger partial charge on any atom is 0.164 e. The molecule has 0 unspecified atom stereocenters. The van der Waals surface area contributed by atoms with E-state index in [0.717, 1.165) is 23.5 Å². The Morgan fingerprint density at radius 1 is 1.53 bits per heavy atom. The average Bonchev–Trinajstić information content (AvgIpc) is 2.64. The first-order valence-corrected chi connectivity index (χ1v) is 5.03. The number of Topliss-reactive ketones (excluding diaryl/α,β-unsaturated/α-hetero) is 1. The number of ketones is 1. The Hall–Kier alpha value is -1.51. The predicted octanol–water partition coefficient (Wildman–Crippen LogP) is 1.76. The summed E-state index contributed by atoms with van der Waals surface area (Å²) in [6.07, 6.45) is 1.33. The Labute approximate surface area is 89.0 Å². The summed E-state index contributed by atoms with van der Waals surface area (Å²) in [6, 6.07) is 3.97. The molecule has 0 fully saturated rings. The van der Waals surface area contributed by atoms with Crippen LogP contribution < -0.4 is 9.47 Å². The van der Waals surface area contributed by atoms with Gasteiger partial charge in [0.2, 0.25) is 0 Å². The van der Waals surface area contributed by atoms with Crippen molar-refractivity contribution in [2.24, 2.45) is 0 Å². The van der Waals surface area contributed by atoms with Crippen molar-refractivity contribution in [1.29, 1.82) is 0 Å². The molecule has 0 aromatic heterocycles. The Bertz CT molecular complexity index is 396. The van der Waals surface area contributed by atoms with Crippen molar-refractivity contribution in [2.45, 2.75) is 19.8 Å². The Morgan fingerprint density at radius 2 is 2.33 bits per heavy atom. The van der Waals surface area contributed by atoms with Gasteiger partial charge in [-0.25, -0.2) is 0 Å². The number of benzene rings is 1. The highest BCUT2D eigenvalue weighted by molar-refractivity contribution is 5.79. The number of rotatable bonds is 3. The van der Waals surface area contributed by atoms with Crippen LogP contribution in [0.1, 0.15) is 18.1 Å². The first-order valence-electron chi connectivity index (χ1n) is 5.03. The average molecular weight is 206 g/mol. The molecule has 0 amide bonds. The Morgan fingerprint density at radius 3 is 3.00 bits per heavy atom. The summed E-state index contributed by atoms with van der Waals surface area (Å²) in [4.78, 5) is 11.1. The summed E-state index contributed by atoms with van der Waals surface area (Å²) < 4.78 is 10.8. The smallest absolute Gasteiger partial charge is 0.164 e. The molecule has 80 valence electrons. The van der Waals surface area contributed by atoms with E-state index < -0.39 is 0 Å². The summed E-state index contributed by atoms with van der Waals surface area (Å²) in [6.45, 7) is 2.28. The number of ether oxygens (including phenoxy) is 2. The van der Waals surface area contributed by atoms with E-state index in [1.54, 1.807) is 14.0 Å². The molecule has 0 saturated carbocycles. The molecule has 0 radical (unpaired) electrons. The SMILES string of the molecule is COc1c(CC(C)=O)ccc2c1OCC2. The van der Waals surface area contributed by atoms with Gasteiger partial charge in [0, 0.05) is 24.0 Å². The predicted molar refractivity (Wildman–Crippen MR) is 56.6 cm³/mol. The van der Waals surface area contributed by atoms with Crippen molar-refractivity contribution >= 4 is 5.78 Å². The Kier molecular flexibility index (Phi) is 2.62. The molecule has 0 N–H and O–H groups in total. The molecule has 0 aliphatic carbocycles. The van der Waals surface area contributed by atoms with Crippen molar-refractivity contribution in [2.75, 3.05) is 13.7 Å². The van der Waals surface area contributed by atoms with Crippen LogP contribution in [-0.4, -0.2) is 19.5 Å². The first-order chi connectivity index (χ1) is 7.22. The van der Waals surface area contributed by atoms with Gasteiger partial charge in [0.25, 0.3) is 0 Å². The monoisotopic (exact) mass is 206 g/mol. The molecule has 0 atom stereocenters. The van der Waals surface area contributed by atoms with Crippen LogP contribution in [0.4, 0.5) is 0 Å². The normalized spacial score (nSPS) is 13.2. The maximum absolute atomic E-state index is 11.1. The second kappa shape index (κ2) is 3.93. The summed E-state index contributed by atoms with van der Waals surface area (Å²) in [5.41, 5.74) is 2.07. The zero-order valence-electron chi connectivity index (χ0n) is 9.00. The first kappa shape index (κ1) is 10.0. The number of fused-ring (bicyclic) bond motifs is 1. The van der Waals surface area contributed by atoms with Gasteiger partial charge < -0.3 is 9.47 Å². The molecule has 1 heterocycles. The van der Waals surface area contributed by atoms with Crippen LogP contribution in [0.25, 0.3) is 0 Å². The van der Waals surface area contributed by atoms with E-state index in [-0.39, 0.29) is 5.78 Å². The lowest BCUT2D eigenvalue weighted by atomic mass is 10.0. The quantitative estimate of drug-likeness (QED) is 0.756. The molecule has 3 heteroatoms. The molecule has 1 aromatic rings. The van der Waals surface area contributed by atoms with Crippen molar-refractivity contribution in [3.8, 4) is 11.5 Å². The van der Waals surface area contributed by atoms with Gasteiger partial charge >= 0.3 is 0 Å². The number of carbonyl (C=O) groups is 1. The van der Waals surface area contributed by atoms with Crippen LogP contribution in [-0.2, 0) is 17.6 Å². The van der Waals surface area contributed by atoms with Crippen LogP contribution in [0.3, 0.4) is 0 Å². The minimum absolute atomic E-state index is 0.131. The van der Waals surface area contributed by atoms with Gasteiger partial charge in [0.05, 0.1) is 13.7 Å². The van der Waals surface area contributed by atoms with Crippen LogP contribution in [0.15, 0.2) is 12.1 Å². The fourth-order valence-corrected chi connectivity index (χ4v) is 1.89. The Balaban J connectivity index is 2.43. The van der Waals surface area contributed by atoms with Gasteiger partial charge in [-0.1, -0.05) is 12.1 Å². The molecule has 3 nitrogen and oxygen atoms in total. The molecule has 0 spiro atoms. The summed E-state index contributed by atoms with van der Waals surface area (Å²) in [5, 5.41) is 0. The third kappa shape index (κ3) is 1.82. The van der Waals surface area contributed by atoms with Gasteiger partial charge in [0.1, 0.15) is 5.78 Å². The number of carbonyl (C=O) groups excluding carboxylic acids is 1. The second-order valence-electron chi connectivity index (χ2n) is 3.72. The van der Waals surface area contributed by atoms with E-state index in [4.69, 9.17) is 9.47 Å². The van der Waals surface area contributed by atoms with E-state index in [2.05, 4.69) is 0 Å². The van der Waals surface area contributed by atoms with Gasteiger partial charge in [-0.3, -0.25) is 4.79 Å². The number of hydrogen-bond donors (Lipinski definition) is 0. The second-order valence-corrected chi connectivity index (χ2v) is 3.72. The molecule has 1 aromatic carbocycles. The van der Waals surface area contributed by atoms with E-state index >= 15 is 0 Å². The molecule has 1 aliphatic heterocycles. The van der Waals surface area contributed by atoms with E-state index in [9.17, 15) is 4.79 Å². The van der Waals surface area contributed by atoms with Gasteiger partial charge in [-0.05, 0) is 6.92 Å². The third-order valence-corrected chi connectivity index (χ3v) is 2.54. The van der Waals surface area contributed by atoms with Crippen molar-refractivity contribution in [3.63, 3.8) is 0 Å². The van der Waals surface area contributed by atoms with Gasteiger partial charge in [-0.15, -0.1) is 0 Å². The molecule has 2 rings (SSSR count). The topological polar surface area (TPSA) is 35.5 Å². The summed E-state index contributed by atoms with van der Waals surface area (Å²) >= 11 is 0. The maximum atomic E-state index is 11.1. The lowest BCUT2D eigenvalue weighted by molar-refractivity contribution is -0.116. The molecular weight excluding hydrogens is 192 g/mol. The lowest BCUT2D eigenvalue weighted by Gasteiger charge is -2.11. The molecule has 0 saturated heterocycles. The van der Waals surface area contributed by atoms with E-state index in [1.165, 1.54) is 5.56 Å². The van der Waals surface area contributed by atoms with Crippen LogP contribution in [0.5, 0.6) is 11.5 Å². The minimum Gasteiger partial charge on any atom is -0.493 e. The molecular formula is C12H14O3. The molecule has 1 aliphatic rings. The van der Waals surface area contributed by atoms with Gasteiger partial charge in [-0.2, -0.15) is 0 Å². The highest BCUT2D eigenvalue weighted by Crippen LogP contribution is 2.38. The highest BCUT2D eigenvalue weighted by Gasteiger charge is 2.20. The van der Waals surface area contributed by atoms with E-state index in [1.807, 2.05) is 12.1 Å². The van der Waals surface area contributed by atoms with Crippen LogP contribution >= 0.6 is 0 Å².